The third-order valence-electron chi connectivity index (χ3n) is 4.24. The third-order valence-corrected chi connectivity index (χ3v) is 6.21. The molecule has 1 aliphatic heterocycles. The van der Waals surface area contributed by atoms with Crippen molar-refractivity contribution >= 4 is 15.9 Å². The van der Waals surface area contributed by atoms with Crippen molar-refractivity contribution < 1.29 is 17.5 Å². The Bertz CT molecular complexity index is 800. The molecule has 0 amide bonds. The first kappa shape index (κ1) is 18.6. The minimum absolute atomic E-state index is 0.287. The van der Waals surface area contributed by atoms with Crippen LogP contribution in [0.15, 0.2) is 48.8 Å². The van der Waals surface area contributed by atoms with Crippen LogP contribution < -0.4 is 9.04 Å². The highest BCUT2D eigenvalue weighted by molar-refractivity contribution is 7.90. The molecule has 0 atom stereocenters. The maximum absolute atomic E-state index is 12.8. The van der Waals surface area contributed by atoms with Gasteiger partial charge in [0.05, 0.1) is 12.3 Å². The van der Waals surface area contributed by atoms with Crippen LogP contribution in [-0.4, -0.2) is 43.9 Å². The van der Waals surface area contributed by atoms with Crippen molar-refractivity contribution in [2.45, 2.75) is 19.3 Å². The summed E-state index contributed by atoms with van der Waals surface area (Å²) in [7, 11) is -3.45. The van der Waals surface area contributed by atoms with Gasteiger partial charge < -0.3 is 4.74 Å². The molecule has 0 aliphatic carbocycles. The van der Waals surface area contributed by atoms with Crippen LogP contribution in [0.1, 0.15) is 19.3 Å². The largest absolute Gasteiger partial charge is 0.494 e. The summed E-state index contributed by atoms with van der Waals surface area (Å²) in [6.45, 7) is 1.98. The van der Waals surface area contributed by atoms with Gasteiger partial charge in [-0.2, -0.15) is 12.7 Å². The summed E-state index contributed by atoms with van der Waals surface area (Å²) in [6, 6.07) is 9.32. The first-order valence-corrected chi connectivity index (χ1v) is 10.0. The van der Waals surface area contributed by atoms with Crippen LogP contribution in [0.2, 0.25) is 0 Å². The molecule has 0 unspecified atom stereocenters. The number of halogens is 1. The predicted molar refractivity (Wildman–Crippen MR) is 97.8 cm³/mol. The minimum Gasteiger partial charge on any atom is -0.494 e. The molecule has 26 heavy (non-hydrogen) atoms. The first-order chi connectivity index (χ1) is 12.6. The lowest BCUT2D eigenvalue weighted by atomic mass is 10.2. The summed E-state index contributed by atoms with van der Waals surface area (Å²) < 4.78 is 46.5. The summed E-state index contributed by atoms with van der Waals surface area (Å²) in [5.41, 5.74) is 0.648. The molecule has 0 bridgehead atoms. The Morgan fingerprint density at radius 2 is 1.73 bits per heavy atom. The van der Waals surface area contributed by atoms with E-state index in [0.717, 1.165) is 19.3 Å². The number of benzene rings is 1. The molecule has 1 saturated heterocycles. The number of anilines is 1. The van der Waals surface area contributed by atoms with Gasteiger partial charge in [0.2, 0.25) is 0 Å². The van der Waals surface area contributed by atoms with Gasteiger partial charge in [-0.05, 0) is 55.7 Å². The highest BCUT2D eigenvalue weighted by atomic mass is 32.2. The summed E-state index contributed by atoms with van der Waals surface area (Å²) in [5, 5.41) is 0. The summed E-state index contributed by atoms with van der Waals surface area (Å²) in [5.74, 6) is 0.353. The van der Waals surface area contributed by atoms with Gasteiger partial charge in [-0.3, -0.25) is 9.29 Å². The van der Waals surface area contributed by atoms with Gasteiger partial charge in [-0.1, -0.05) is 0 Å². The van der Waals surface area contributed by atoms with Gasteiger partial charge in [0.25, 0.3) is 0 Å². The van der Waals surface area contributed by atoms with Crippen molar-refractivity contribution in [2.75, 3.05) is 30.5 Å². The van der Waals surface area contributed by atoms with Crippen LogP contribution in [0.4, 0.5) is 10.1 Å². The molecular weight excluding hydrogens is 357 g/mol. The van der Waals surface area contributed by atoms with Gasteiger partial charge in [-0.25, -0.2) is 4.39 Å². The van der Waals surface area contributed by atoms with E-state index in [1.807, 2.05) is 0 Å². The molecule has 3 rings (SSSR count). The SMILES string of the molecule is O=S1(=O)N(CCCCCOc2ccc(F)cc2)CCN1c1ccncc1. The Hall–Kier alpha value is -2.19. The van der Waals surface area contributed by atoms with E-state index in [4.69, 9.17) is 4.74 Å². The van der Waals surface area contributed by atoms with Crippen molar-refractivity contribution in [2.24, 2.45) is 0 Å². The summed E-state index contributed by atoms with van der Waals surface area (Å²) in [4.78, 5) is 3.92. The van der Waals surface area contributed by atoms with Crippen LogP contribution in [0.25, 0.3) is 0 Å². The van der Waals surface area contributed by atoms with E-state index >= 15 is 0 Å². The molecule has 0 spiro atoms. The predicted octanol–water partition coefficient (Wildman–Crippen LogP) is 2.84. The van der Waals surface area contributed by atoms with Crippen LogP contribution in [0, 0.1) is 5.82 Å². The second kappa shape index (κ2) is 8.46. The molecule has 2 heterocycles. The molecular formula is C18H22FN3O3S. The molecule has 1 aromatic heterocycles. The molecule has 6 nitrogen and oxygen atoms in total. The van der Waals surface area contributed by atoms with Gasteiger partial charge in [-0.15, -0.1) is 0 Å². The van der Waals surface area contributed by atoms with Gasteiger partial charge in [0.1, 0.15) is 11.6 Å². The van der Waals surface area contributed by atoms with Gasteiger partial charge in [0.15, 0.2) is 0 Å². The van der Waals surface area contributed by atoms with Crippen LogP contribution in [0.5, 0.6) is 5.75 Å². The lowest BCUT2D eigenvalue weighted by molar-refractivity contribution is 0.301. The second-order valence-electron chi connectivity index (χ2n) is 6.05. The lowest BCUT2D eigenvalue weighted by Crippen LogP contribution is -2.33. The van der Waals surface area contributed by atoms with Crippen molar-refractivity contribution in [3.8, 4) is 5.75 Å². The highest BCUT2D eigenvalue weighted by Gasteiger charge is 2.35. The molecule has 2 aromatic rings. The van der Waals surface area contributed by atoms with E-state index in [-0.39, 0.29) is 5.82 Å². The van der Waals surface area contributed by atoms with E-state index in [1.165, 1.54) is 20.7 Å². The highest BCUT2D eigenvalue weighted by Crippen LogP contribution is 2.24. The summed E-state index contributed by atoms with van der Waals surface area (Å²) >= 11 is 0. The minimum atomic E-state index is -3.45. The Morgan fingerprint density at radius 1 is 1.00 bits per heavy atom. The summed E-state index contributed by atoms with van der Waals surface area (Å²) in [6.07, 6.45) is 5.64. The number of ether oxygens (including phenoxy) is 1. The fourth-order valence-corrected chi connectivity index (χ4v) is 4.51. The topological polar surface area (TPSA) is 62.7 Å². The van der Waals surface area contributed by atoms with E-state index in [9.17, 15) is 12.8 Å². The molecule has 1 aliphatic rings. The monoisotopic (exact) mass is 379 g/mol. The Morgan fingerprint density at radius 3 is 2.46 bits per heavy atom. The average Bonchev–Trinajstić information content (AvgIpc) is 2.94. The maximum atomic E-state index is 12.8. The standard InChI is InChI=1S/C18H22FN3O3S/c19-16-4-6-18(7-5-16)25-15-3-1-2-12-21-13-14-22(26(21,23)24)17-8-10-20-11-9-17/h4-11H,1-3,12-15H2. The molecule has 0 saturated carbocycles. The maximum Gasteiger partial charge on any atom is 0.304 e. The Balaban J connectivity index is 1.39. The van der Waals surface area contributed by atoms with E-state index in [2.05, 4.69) is 4.98 Å². The zero-order valence-electron chi connectivity index (χ0n) is 14.4. The second-order valence-corrected chi connectivity index (χ2v) is 7.90. The number of aromatic nitrogens is 1. The smallest absolute Gasteiger partial charge is 0.304 e. The van der Waals surface area contributed by atoms with E-state index in [0.29, 0.717) is 37.7 Å². The number of hydrogen-bond acceptors (Lipinski definition) is 4. The molecule has 0 N–H and O–H groups in total. The van der Waals surface area contributed by atoms with E-state index < -0.39 is 10.2 Å². The first-order valence-electron chi connectivity index (χ1n) is 8.63. The van der Waals surface area contributed by atoms with Crippen molar-refractivity contribution in [3.63, 3.8) is 0 Å². The number of rotatable bonds is 8. The van der Waals surface area contributed by atoms with E-state index in [1.54, 1.807) is 36.7 Å². The fourth-order valence-electron chi connectivity index (χ4n) is 2.86. The molecule has 1 aromatic carbocycles. The molecule has 0 radical (unpaired) electrons. The Kier molecular flexibility index (Phi) is 6.05. The molecule has 1 fully saturated rings. The zero-order chi connectivity index (χ0) is 18.4. The number of unbranched alkanes of at least 4 members (excludes halogenated alkanes) is 2. The number of hydrogen-bond donors (Lipinski definition) is 0. The Labute approximate surface area is 153 Å². The quantitative estimate of drug-likeness (QED) is 0.662. The zero-order valence-corrected chi connectivity index (χ0v) is 15.2. The van der Waals surface area contributed by atoms with Gasteiger partial charge in [0, 0.05) is 32.0 Å². The normalized spacial score (nSPS) is 16.7. The average molecular weight is 379 g/mol. The molecule has 8 heteroatoms. The van der Waals surface area contributed by atoms with Crippen molar-refractivity contribution in [1.82, 2.24) is 9.29 Å². The fraction of sp³-hybridized carbons (Fsp3) is 0.389. The van der Waals surface area contributed by atoms with Crippen LogP contribution in [0.3, 0.4) is 0 Å². The number of pyridine rings is 1. The van der Waals surface area contributed by atoms with Crippen molar-refractivity contribution in [3.05, 3.63) is 54.6 Å². The number of nitrogens with zero attached hydrogens (tertiary/aromatic N) is 3. The van der Waals surface area contributed by atoms with Gasteiger partial charge >= 0.3 is 10.2 Å². The molecule has 140 valence electrons. The lowest BCUT2D eigenvalue weighted by Gasteiger charge is -2.19. The van der Waals surface area contributed by atoms with Crippen LogP contribution in [-0.2, 0) is 10.2 Å². The van der Waals surface area contributed by atoms with Crippen LogP contribution >= 0.6 is 0 Å². The third kappa shape index (κ3) is 4.50. The van der Waals surface area contributed by atoms with Crippen molar-refractivity contribution in [1.29, 1.82) is 0 Å².